The van der Waals surface area contributed by atoms with E-state index in [0.717, 1.165) is 0 Å². The third-order valence-electron chi connectivity index (χ3n) is 1.32. The van der Waals surface area contributed by atoms with Gasteiger partial charge in [0.15, 0.2) is 0 Å². The summed E-state index contributed by atoms with van der Waals surface area (Å²) in [4.78, 5) is 15.1. The SMILES string of the molecule is N#CON(C(N)=O)c1ccccc1. The smallest absolute Gasteiger partial charge is 0.349 e. The van der Waals surface area contributed by atoms with Crippen LogP contribution < -0.4 is 10.8 Å². The molecule has 0 unspecified atom stereocenters. The number of anilines is 1. The molecule has 0 aliphatic carbocycles. The number of nitrogens with zero attached hydrogens (tertiary/aromatic N) is 2. The van der Waals surface area contributed by atoms with Crippen LogP contribution in [0.5, 0.6) is 0 Å². The molecule has 0 spiro atoms. The van der Waals surface area contributed by atoms with Gasteiger partial charge in [-0.2, -0.15) is 0 Å². The minimum Gasteiger partial charge on any atom is -0.349 e. The molecule has 5 nitrogen and oxygen atoms in total. The Bertz CT molecular complexity index is 331. The van der Waals surface area contributed by atoms with E-state index in [1.54, 1.807) is 30.3 Å². The largest absolute Gasteiger partial charge is 0.353 e. The highest BCUT2D eigenvalue weighted by Gasteiger charge is 2.12. The maximum absolute atomic E-state index is 10.8. The van der Waals surface area contributed by atoms with Gasteiger partial charge in [-0.1, -0.05) is 18.2 Å². The van der Waals surface area contributed by atoms with Crippen molar-refractivity contribution in [3.05, 3.63) is 30.3 Å². The Morgan fingerprint density at radius 2 is 2.08 bits per heavy atom. The molecule has 1 rings (SSSR count). The van der Waals surface area contributed by atoms with Crippen LogP contribution in [0.15, 0.2) is 30.3 Å². The first-order chi connectivity index (χ1) is 6.25. The first kappa shape index (κ1) is 8.87. The second-order valence-electron chi connectivity index (χ2n) is 2.15. The summed E-state index contributed by atoms with van der Waals surface area (Å²) >= 11 is 0. The maximum atomic E-state index is 10.8. The van der Waals surface area contributed by atoms with E-state index in [1.165, 1.54) is 6.26 Å². The number of benzene rings is 1. The summed E-state index contributed by atoms with van der Waals surface area (Å²) in [5, 5.41) is 8.93. The van der Waals surface area contributed by atoms with Gasteiger partial charge in [-0.25, -0.2) is 4.79 Å². The molecule has 1 aromatic rings. The molecule has 66 valence electrons. The molecule has 2 amide bonds. The van der Waals surface area contributed by atoms with Crippen molar-refractivity contribution in [2.24, 2.45) is 5.73 Å². The van der Waals surface area contributed by atoms with Crippen LogP contribution in [-0.4, -0.2) is 6.03 Å². The highest BCUT2D eigenvalue weighted by molar-refractivity contribution is 5.88. The van der Waals surface area contributed by atoms with Crippen molar-refractivity contribution < 1.29 is 9.63 Å². The van der Waals surface area contributed by atoms with Crippen molar-refractivity contribution in [3.63, 3.8) is 0 Å². The van der Waals surface area contributed by atoms with Crippen molar-refractivity contribution in [1.29, 1.82) is 5.26 Å². The van der Waals surface area contributed by atoms with Crippen LogP contribution in [0.4, 0.5) is 10.5 Å². The van der Waals surface area contributed by atoms with E-state index in [1.807, 2.05) is 0 Å². The van der Waals surface area contributed by atoms with E-state index in [-0.39, 0.29) is 0 Å². The van der Waals surface area contributed by atoms with Crippen LogP contribution in [0.25, 0.3) is 0 Å². The number of amides is 2. The number of hydrogen-bond donors (Lipinski definition) is 1. The van der Waals surface area contributed by atoms with Gasteiger partial charge in [0.25, 0.3) is 0 Å². The molecule has 0 fully saturated rings. The van der Waals surface area contributed by atoms with Gasteiger partial charge in [0.1, 0.15) is 0 Å². The molecule has 0 radical (unpaired) electrons. The number of hydrogen-bond acceptors (Lipinski definition) is 3. The van der Waals surface area contributed by atoms with Crippen molar-refractivity contribution in [3.8, 4) is 6.26 Å². The zero-order valence-electron chi connectivity index (χ0n) is 6.68. The van der Waals surface area contributed by atoms with Crippen molar-refractivity contribution in [2.45, 2.75) is 0 Å². The van der Waals surface area contributed by atoms with Gasteiger partial charge in [-0.3, -0.25) is 4.84 Å². The van der Waals surface area contributed by atoms with Crippen molar-refractivity contribution >= 4 is 11.7 Å². The normalized spacial score (nSPS) is 8.54. The molecule has 5 heteroatoms. The average molecular weight is 177 g/mol. The highest BCUT2D eigenvalue weighted by Crippen LogP contribution is 2.12. The number of rotatable bonds is 2. The molecule has 1 aromatic carbocycles. The number of primary amides is 1. The number of hydroxylamine groups is 1. The third-order valence-corrected chi connectivity index (χ3v) is 1.32. The number of carbonyl (C=O) groups is 1. The van der Waals surface area contributed by atoms with Crippen LogP contribution in [0.1, 0.15) is 0 Å². The monoisotopic (exact) mass is 177 g/mol. The van der Waals surface area contributed by atoms with Gasteiger partial charge in [0.05, 0.1) is 5.69 Å². The van der Waals surface area contributed by atoms with E-state index in [4.69, 9.17) is 11.0 Å². The summed E-state index contributed by atoms with van der Waals surface area (Å²) in [5.41, 5.74) is 5.38. The molecular weight excluding hydrogens is 170 g/mol. The Labute approximate surface area is 74.9 Å². The number of nitrogens with two attached hydrogens (primary N) is 1. The van der Waals surface area contributed by atoms with Crippen LogP contribution in [0, 0.1) is 11.5 Å². The fourth-order valence-electron chi connectivity index (χ4n) is 0.829. The third kappa shape index (κ3) is 2.10. The first-order valence-electron chi connectivity index (χ1n) is 3.46. The number of carbonyl (C=O) groups excluding carboxylic acids is 1. The molecule has 0 aromatic heterocycles. The van der Waals surface area contributed by atoms with Crippen LogP contribution in [0.3, 0.4) is 0 Å². The van der Waals surface area contributed by atoms with Gasteiger partial charge in [-0.15, -0.1) is 10.3 Å². The quantitative estimate of drug-likeness (QED) is 0.540. The van der Waals surface area contributed by atoms with Gasteiger partial charge in [-0.05, 0) is 12.1 Å². The zero-order chi connectivity index (χ0) is 9.68. The summed E-state index contributed by atoms with van der Waals surface area (Å²) in [5.74, 6) is 0. The summed E-state index contributed by atoms with van der Waals surface area (Å²) in [6.45, 7) is 0. The highest BCUT2D eigenvalue weighted by atomic mass is 16.7. The molecule has 0 aliphatic heterocycles. The van der Waals surface area contributed by atoms with E-state index < -0.39 is 6.03 Å². The summed E-state index contributed by atoms with van der Waals surface area (Å²) in [7, 11) is 0. The Hall–Kier alpha value is -2.22. The average Bonchev–Trinajstić information content (AvgIpc) is 2.15. The fraction of sp³-hybridized carbons (Fsp3) is 0. The predicted octanol–water partition coefficient (Wildman–Crippen LogP) is 0.984. The van der Waals surface area contributed by atoms with Crippen molar-refractivity contribution in [2.75, 3.05) is 5.06 Å². The van der Waals surface area contributed by atoms with E-state index in [0.29, 0.717) is 10.8 Å². The fourth-order valence-corrected chi connectivity index (χ4v) is 0.829. The number of para-hydroxylation sites is 1. The second-order valence-corrected chi connectivity index (χ2v) is 2.15. The number of urea groups is 1. The van der Waals surface area contributed by atoms with E-state index in [9.17, 15) is 4.79 Å². The van der Waals surface area contributed by atoms with Crippen LogP contribution in [-0.2, 0) is 4.84 Å². The molecule has 0 bridgehead atoms. The second kappa shape index (κ2) is 3.97. The molecule has 0 atom stereocenters. The molecule has 2 N–H and O–H groups in total. The Morgan fingerprint density at radius 1 is 1.46 bits per heavy atom. The first-order valence-corrected chi connectivity index (χ1v) is 3.46. The molecular formula is C8H7N3O2. The van der Waals surface area contributed by atoms with Crippen LogP contribution >= 0.6 is 0 Å². The topological polar surface area (TPSA) is 79.3 Å². The lowest BCUT2D eigenvalue weighted by molar-refractivity contribution is 0.206. The maximum Gasteiger partial charge on any atom is 0.353 e. The van der Waals surface area contributed by atoms with Crippen LogP contribution in [0.2, 0.25) is 0 Å². The van der Waals surface area contributed by atoms with E-state index >= 15 is 0 Å². The molecule has 0 saturated carbocycles. The molecule has 0 heterocycles. The standard InChI is InChI=1S/C8H7N3O2/c9-6-13-11(8(10)12)7-4-2-1-3-5-7/h1-5H,(H2,10,12). The summed E-state index contributed by atoms with van der Waals surface area (Å²) in [6, 6.07) is 7.53. The predicted molar refractivity (Wildman–Crippen MR) is 45.2 cm³/mol. The lowest BCUT2D eigenvalue weighted by Gasteiger charge is -2.13. The minimum atomic E-state index is -0.840. The molecule has 0 saturated heterocycles. The Kier molecular flexibility index (Phi) is 2.71. The summed E-state index contributed by atoms with van der Waals surface area (Å²) in [6.07, 6.45) is 1.37. The van der Waals surface area contributed by atoms with Crippen molar-refractivity contribution in [1.82, 2.24) is 0 Å². The van der Waals surface area contributed by atoms with E-state index in [2.05, 4.69) is 4.84 Å². The molecule has 13 heavy (non-hydrogen) atoms. The minimum absolute atomic E-state index is 0.413. The van der Waals surface area contributed by atoms with Gasteiger partial charge >= 0.3 is 12.3 Å². The van der Waals surface area contributed by atoms with Gasteiger partial charge < -0.3 is 5.73 Å². The summed E-state index contributed by atoms with van der Waals surface area (Å²) < 4.78 is 0. The Balaban J connectivity index is 2.90. The van der Waals surface area contributed by atoms with Gasteiger partial charge in [0.2, 0.25) is 0 Å². The zero-order valence-corrected chi connectivity index (χ0v) is 6.68. The van der Waals surface area contributed by atoms with Gasteiger partial charge in [0, 0.05) is 0 Å². The number of nitriles is 1. The lowest BCUT2D eigenvalue weighted by Crippen LogP contribution is -2.34. The lowest BCUT2D eigenvalue weighted by atomic mass is 10.3. The Morgan fingerprint density at radius 3 is 2.54 bits per heavy atom. The molecule has 0 aliphatic rings.